The summed E-state index contributed by atoms with van der Waals surface area (Å²) in [7, 11) is 0. The summed E-state index contributed by atoms with van der Waals surface area (Å²) >= 11 is 0. The summed E-state index contributed by atoms with van der Waals surface area (Å²) in [4.78, 5) is 4.36. The van der Waals surface area contributed by atoms with Gasteiger partial charge < -0.3 is 16.4 Å². The van der Waals surface area contributed by atoms with Crippen molar-refractivity contribution in [3.8, 4) is 6.07 Å². The minimum Gasteiger partial charge on any atom is -0.365 e. The van der Waals surface area contributed by atoms with E-state index in [1.54, 1.807) is 16.9 Å². The van der Waals surface area contributed by atoms with Crippen molar-refractivity contribution < 1.29 is 0 Å². The van der Waals surface area contributed by atoms with E-state index in [0.717, 1.165) is 31.4 Å². The Balaban J connectivity index is 1.72. The Morgan fingerprint density at radius 1 is 1.15 bits per heavy atom. The number of aromatic nitrogens is 3. The SMILES string of the molecule is N#Cc1c(N[C@H]2CC[C@H](N)CC2)nn2ccnc2c1Nc1ccccc1. The summed E-state index contributed by atoms with van der Waals surface area (Å²) in [6.07, 6.45) is 7.41. The zero-order valence-corrected chi connectivity index (χ0v) is 14.4. The van der Waals surface area contributed by atoms with Gasteiger partial charge in [0.2, 0.25) is 0 Å². The summed E-state index contributed by atoms with van der Waals surface area (Å²) in [5.74, 6) is 0.580. The molecule has 0 aliphatic heterocycles. The maximum atomic E-state index is 9.82. The van der Waals surface area contributed by atoms with Crippen molar-refractivity contribution in [3.63, 3.8) is 0 Å². The second-order valence-electron chi connectivity index (χ2n) is 6.65. The third-order valence-electron chi connectivity index (χ3n) is 4.81. The molecule has 0 bridgehead atoms. The van der Waals surface area contributed by atoms with Crippen LogP contribution >= 0.6 is 0 Å². The Kier molecular flexibility index (Phi) is 4.42. The fraction of sp³-hybridized carbons (Fsp3) is 0.316. The molecule has 3 aromatic rings. The first-order valence-corrected chi connectivity index (χ1v) is 8.86. The first-order chi connectivity index (χ1) is 12.7. The van der Waals surface area contributed by atoms with Crippen LogP contribution < -0.4 is 16.4 Å². The van der Waals surface area contributed by atoms with E-state index >= 15 is 0 Å². The van der Waals surface area contributed by atoms with E-state index in [2.05, 4.69) is 26.8 Å². The monoisotopic (exact) mass is 347 g/mol. The Morgan fingerprint density at radius 2 is 1.92 bits per heavy atom. The first kappa shape index (κ1) is 16.4. The van der Waals surface area contributed by atoms with Gasteiger partial charge in [0.05, 0.1) is 0 Å². The molecule has 1 aliphatic carbocycles. The lowest BCUT2D eigenvalue weighted by atomic mass is 9.92. The summed E-state index contributed by atoms with van der Waals surface area (Å²) in [5.41, 5.74) is 8.66. The Morgan fingerprint density at radius 3 is 2.65 bits per heavy atom. The van der Waals surface area contributed by atoms with Gasteiger partial charge in [-0.05, 0) is 37.8 Å². The van der Waals surface area contributed by atoms with Crippen LogP contribution in [0.5, 0.6) is 0 Å². The van der Waals surface area contributed by atoms with Crippen LogP contribution in [0.1, 0.15) is 31.2 Å². The number of benzene rings is 1. The highest BCUT2D eigenvalue weighted by Crippen LogP contribution is 2.30. The predicted octanol–water partition coefficient (Wildman–Crippen LogP) is 3.03. The van der Waals surface area contributed by atoms with Crippen LogP contribution in [0, 0.1) is 11.3 Å². The highest BCUT2D eigenvalue weighted by Gasteiger charge is 2.22. The van der Waals surface area contributed by atoms with Gasteiger partial charge >= 0.3 is 0 Å². The fourth-order valence-electron chi connectivity index (χ4n) is 3.40. The van der Waals surface area contributed by atoms with E-state index < -0.39 is 0 Å². The smallest absolute Gasteiger partial charge is 0.178 e. The maximum Gasteiger partial charge on any atom is 0.178 e. The molecule has 0 radical (unpaired) electrons. The molecule has 7 heteroatoms. The Bertz CT molecular complexity index is 934. The third kappa shape index (κ3) is 3.19. The average molecular weight is 347 g/mol. The van der Waals surface area contributed by atoms with Gasteiger partial charge in [0.1, 0.15) is 17.3 Å². The van der Waals surface area contributed by atoms with Crippen LogP contribution in [0.25, 0.3) is 5.65 Å². The molecule has 0 spiro atoms. The largest absolute Gasteiger partial charge is 0.365 e. The minimum absolute atomic E-state index is 0.278. The Hall–Kier alpha value is -3.11. The number of imidazole rings is 1. The molecule has 7 nitrogen and oxygen atoms in total. The van der Waals surface area contributed by atoms with Crippen LogP contribution in [-0.2, 0) is 0 Å². The van der Waals surface area contributed by atoms with Gasteiger partial charge in [0.25, 0.3) is 0 Å². The van der Waals surface area contributed by atoms with Crippen molar-refractivity contribution in [2.24, 2.45) is 5.73 Å². The molecule has 132 valence electrons. The van der Waals surface area contributed by atoms with E-state index in [-0.39, 0.29) is 12.1 Å². The van der Waals surface area contributed by atoms with Crippen molar-refractivity contribution >= 4 is 22.8 Å². The number of fused-ring (bicyclic) bond motifs is 1. The molecule has 4 N–H and O–H groups in total. The second-order valence-corrected chi connectivity index (χ2v) is 6.65. The summed E-state index contributed by atoms with van der Waals surface area (Å²) in [5, 5.41) is 21.2. The van der Waals surface area contributed by atoms with Crippen LogP contribution in [0.3, 0.4) is 0 Å². The van der Waals surface area contributed by atoms with Crippen molar-refractivity contribution in [2.75, 3.05) is 10.6 Å². The first-order valence-electron chi connectivity index (χ1n) is 8.86. The number of rotatable bonds is 4. The number of nitrogens with zero attached hydrogens (tertiary/aromatic N) is 4. The molecule has 1 fully saturated rings. The van der Waals surface area contributed by atoms with E-state index in [4.69, 9.17) is 5.73 Å². The lowest BCUT2D eigenvalue weighted by Gasteiger charge is -2.27. The lowest BCUT2D eigenvalue weighted by Crippen LogP contribution is -2.33. The van der Waals surface area contributed by atoms with Crippen molar-refractivity contribution in [1.82, 2.24) is 14.6 Å². The average Bonchev–Trinajstić information content (AvgIpc) is 3.13. The number of anilines is 3. The molecular formula is C19H21N7. The third-order valence-corrected chi connectivity index (χ3v) is 4.81. The number of hydrogen-bond donors (Lipinski definition) is 3. The molecule has 2 heterocycles. The summed E-state index contributed by atoms with van der Waals surface area (Å²) in [6.45, 7) is 0. The van der Waals surface area contributed by atoms with E-state index in [1.807, 2.05) is 30.3 Å². The molecule has 2 aromatic heterocycles. The molecule has 4 rings (SSSR count). The van der Waals surface area contributed by atoms with Crippen molar-refractivity contribution in [1.29, 1.82) is 5.26 Å². The van der Waals surface area contributed by atoms with Gasteiger partial charge in [-0.25, -0.2) is 9.50 Å². The van der Waals surface area contributed by atoms with E-state index in [1.165, 1.54) is 0 Å². The van der Waals surface area contributed by atoms with Gasteiger partial charge in [0, 0.05) is 30.2 Å². The van der Waals surface area contributed by atoms with Crippen LogP contribution in [0.2, 0.25) is 0 Å². The van der Waals surface area contributed by atoms with Crippen molar-refractivity contribution in [3.05, 3.63) is 48.3 Å². The number of para-hydroxylation sites is 1. The molecule has 1 aromatic carbocycles. The van der Waals surface area contributed by atoms with Gasteiger partial charge in [-0.15, -0.1) is 5.10 Å². The Labute approximate surface area is 151 Å². The van der Waals surface area contributed by atoms with Gasteiger partial charge in [-0.1, -0.05) is 18.2 Å². The maximum absolute atomic E-state index is 9.82. The standard InChI is InChI=1S/C19H21N7/c20-12-16-17(23-14-4-2-1-3-5-14)19-22-10-11-26(19)25-18(16)24-15-8-6-13(21)7-9-15/h1-5,10-11,13,15,23H,6-9,21H2,(H,24,25)/t13-,15-. The van der Waals surface area contributed by atoms with Gasteiger partial charge in [0.15, 0.2) is 11.5 Å². The molecular weight excluding hydrogens is 326 g/mol. The fourth-order valence-corrected chi connectivity index (χ4v) is 3.40. The zero-order valence-electron chi connectivity index (χ0n) is 14.4. The van der Waals surface area contributed by atoms with Crippen LogP contribution in [0.15, 0.2) is 42.7 Å². The number of nitrogens with two attached hydrogens (primary N) is 1. The topological polar surface area (TPSA) is 104 Å². The second kappa shape index (κ2) is 7.02. The van der Waals surface area contributed by atoms with Gasteiger partial charge in [-0.3, -0.25) is 0 Å². The molecule has 26 heavy (non-hydrogen) atoms. The molecule has 0 atom stereocenters. The predicted molar refractivity (Wildman–Crippen MR) is 101 cm³/mol. The van der Waals surface area contributed by atoms with Crippen LogP contribution in [-0.4, -0.2) is 26.7 Å². The van der Waals surface area contributed by atoms with E-state index in [0.29, 0.717) is 22.7 Å². The highest BCUT2D eigenvalue weighted by molar-refractivity contribution is 5.83. The summed E-state index contributed by atoms with van der Waals surface area (Å²) in [6, 6.07) is 12.6. The van der Waals surface area contributed by atoms with Crippen molar-refractivity contribution in [2.45, 2.75) is 37.8 Å². The molecule has 0 unspecified atom stereocenters. The number of hydrogen-bond acceptors (Lipinski definition) is 6. The molecule has 0 saturated heterocycles. The number of nitrogens with one attached hydrogen (secondary N) is 2. The molecule has 0 amide bonds. The zero-order chi connectivity index (χ0) is 17.9. The normalized spacial score (nSPS) is 19.8. The molecule has 1 aliphatic rings. The quantitative estimate of drug-likeness (QED) is 0.670. The lowest BCUT2D eigenvalue weighted by molar-refractivity contribution is 0.410. The number of nitriles is 1. The molecule has 1 saturated carbocycles. The minimum atomic E-state index is 0.278. The summed E-state index contributed by atoms with van der Waals surface area (Å²) < 4.78 is 1.70. The van der Waals surface area contributed by atoms with Gasteiger partial charge in [-0.2, -0.15) is 5.26 Å². The van der Waals surface area contributed by atoms with E-state index in [9.17, 15) is 5.26 Å². The van der Waals surface area contributed by atoms with Crippen LogP contribution in [0.4, 0.5) is 17.2 Å². The highest BCUT2D eigenvalue weighted by atomic mass is 15.3.